The second-order valence-electron chi connectivity index (χ2n) is 5.58. The van der Waals surface area contributed by atoms with E-state index >= 15 is 0 Å². The molecule has 0 aliphatic rings. The third kappa shape index (κ3) is 8.15. The zero-order chi connectivity index (χ0) is 20.8. The van der Waals surface area contributed by atoms with E-state index in [-0.39, 0.29) is 12.9 Å². The minimum absolute atomic E-state index is 0.0336. The molecule has 0 fully saturated rings. The van der Waals surface area contributed by atoms with Crippen LogP contribution in [-0.4, -0.2) is 44.2 Å². The number of rotatable bonds is 10. The fourth-order valence-electron chi connectivity index (χ4n) is 2.35. The van der Waals surface area contributed by atoms with E-state index in [0.29, 0.717) is 19.9 Å². The summed E-state index contributed by atoms with van der Waals surface area (Å²) in [6, 6.07) is 16.4. The van der Waals surface area contributed by atoms with Gasteiger partial charge in [-0.05, 0) is 0 Å². The van der Waals surface area contributed by atoms with E-state index in [4.69, 9.17) is 10.8 Å². The Morgan fingerprint density at radius 3 is 1.57 bits per heavy atom. The topological polar surface area (TPSA) is 139 Å². The Labute approximate surface area is 164 Å². The molecule has 2 aromatic rings. The number of carbonyl (C=O) groups excluding carboxylic acids is 1. The molecule has 0 saturated carbocycles. The van der Waals surface area contributed by atoms with Crippen molar-refractivity contribution in [3.05, 3.63) is 71.8 Å². The number of carboxylic acids is 1. The summed E-state index contributed by atoms with van der Waals surface area (Å²) in [6.07, 6.45) is 0.147. The molecule has 0 radical (unpaired) electrons. The Balaban J connectivity index is 0.000000280. The van der Waals surface area contributed by atoms with E-state index in [1.807, 2.05) is 24.3 Å². The number of carboxylic acid groups (broad SMARTS) is 1. The summed E-state index contributed by atoms with van der Waals surface area (Å²) in [5.41, 5.74) is 6.60. The average Bonchev–Trinajstić information content (AvgIpc) is 2.70. The zero-order valence-electron chi connectivity index (χ0n) is 15.2. The summed E-state index contributed by atoms with van der Waals surface area (Å²) in [4.78, 5) is 21.9. The average molecular weight is 381 g/mol. The summed E-state index contributed by atoms with van der Waals surface area (Å²) >= 11 is 0. The molecule has 0 spiro atoms. The number of nitrogens with two attached hydrogens (primary N) is 1. The van der Waals surface area contributed by atoms with Gasteiger partial charge in [0.1, 0.15) is 0 Å². The van der Waals surface area contributed by atoms with Crippen molar-refractivity contribution < 1.29 is 24.1 Å². The molecule has 0 aliphatic carbocycles. The molecular formula is C18H21B2N3O5. The number of hydrogen-bond donors (Lipinski definition) is 4. The van der Waals surface area contributed by atoms with Gasteiger partial charge >= 0.3 is 163 Å². The van der Waals surface area contributed by atoms with Gasteiger partial charge < -0.3 is 0 Å². The van der Waals surface area contributed by atoms with E-state index in [9.17, 15) is 19.0 Å². The first-order valence-corrected chi connectivity index (χ1v) is 8.47. The maximum absolute atomic E-state index is 11.0. The van der Waals surface area contributed by atoms with Gasteiger partial charge in [0.05, 0.1) is 0 Å². The van der Waals surface area contributed by atoms with Crippen molar-refractivity contribution in [1.82, 2.24) is 10.6 Å². The van der Waals surface area contributed by atoms with Crippen LogP contribution in [0.3, 0.4) is 0 Å². The van der Waals surface area contributed by atoms with Gasteiger partial charge in [-0.1, -0.05) is 0 Å². The second kappa shape index (κ2) is 13.2. The first-order chi connectivity index (χ1) is 13.5. The number of hydrogen-bond acceptors (Lipinski definition) is 6. The van der Waals surface area contributed by atoms with E-state index in [0.717, 1.165) is 5.56 Å². The van der Waals surface area contributed by atoms with Crippen LogP contribution >= 0.6 is 0 Å². The number of nitrogens with one attached hydrogen (secondary N) is 2. The predicted octanol–water partition coefficient (Wildman–Crippen LogP) is 0.219. The van der Waals surface area contributed by atoms with Crippen LogP contribution in [0.2, 0.25) is 0 Å². The van der Waals surface area contributed by atoms with Crippen molar-refractivity contribution >= 4 is 26.2 Å². The van der Waals surface area contributed by atoms with Crippen molar-refractivity contribution in [3.63, 3.8) is 0 Å². The molecule has 8 nitrogen and oxygen atoms in total. The molecule has 0 aliphatic heterocycles. The molecule has 2 unspecified atom stereocenters. The molecule has 1 amide bonds. The summed E-state index contributed by atoms with van der Waals surface area (Å²) in [5, 5.41) is 14.2. The second-order valence-corrected chi connectivity index (χ2v) is 5.58. The number of primary amides is 1. The van der Waals surface area contributed by atoms with Crippen LogP contribution < -0.4 is 16.4 Å². The first kappa shape index (κ1) is 23.1. The van der Waals surface area contributed by atoms with Crippen molar-refractivity contribution in [1.29, 1.82) is 0 Å². The Bertz CT molecular complexity index is 697. The van der Waals surface area contributed by atoms with Crippen LogP contribution in [0, 0.1) is 0 Å². The van der Waals surface area contributed by atoms with Gasteiger partial charge in [0.2, 0.25) is 0 Å². The van der Waals surface area contributed by atoms with Crippen molar-refractivity contribution in [2.24, 2.45) is 5.73 Å². The molecule has 5 N–H and O–H groups in total. The third-order valence-corrected chi connectivity index (χ3v) is 3.61. The van der Waals surface area contributed by atoms with Crippen molar-refractivity contribution in [2.75, 3.05) is 12.9 Å². The van der Waals surface area contributed by atoms with Gasteiger partial charge in [-0.2, -0.15) is 0 Å². The standard InChI is InChI=1S/C9H11BN2O2.C9H10BNO3/c11-9(13)8(12-6-10-14)7-4-2-1-3-5-7;12-9(13)8(11-6-10-14)7-4-2-1-3-5-7/h1-5,8,12H,6H2,(H2,11,13);1-5,8,11H,6H2,(H,12,13). The van der Waals surface area contributed by atoms with E-state index in [2.05, 4.69) is 10.6 Å². The minimum atomic E-state index is -0.988. The van der Waals surface area contributed by atoms with E-state index in [1.165, 1.54) is 0 Å². The molecule has 144 valence electrons. The monoisotopic (exact) mass is 381 g/mol. The van der Waals surface area contributed by atoms with Gasteiger partial charge in [-0.25, -0.2) is 0 Å². The fraction of sp³-hybridized carbons (Fsp3) is 0.222. The van der Waals surface area contributed by atoms with Crippen LogP contribution in [0.15, 0.2) is 60.7 Å². The van der Waals surface area contributed by atoms with Gasteiger partial charge in [0.25, 0.3) is 0 Å². The van der Waals surface area contributed by atoms with Gasteiger partial charge in [-0.3, -0.25) is 0 Å². The summed E-state index contributed by atoms with van der Waals surface area (Å²) in [7, 11) is 1.33. The molecule has 2 atom stereocenters. The molecule has 28 heavy (non-hydrogen) atoms. The zero-order valence-corrected chi connectivity index (χ0v) is 15.2. The summed E-state index contributed by atoms with van der Waals surface area (Å²) < 4.78 is 20.3. The van der Waals surface area contributed by atoms with Crippen LogP contribution in [0.25, 0.3) is 0 Å². The van der Waals surface area contributed by atoms with Crippen molar-refractivity contribution in [3.8, 4) is 0 Å². The van der Waals surface area contributed by atoms with E-state index < -0.39 is 24.0 Å². The van der Waals surface area contributed by atoms with Gasteiger partial charge in [0, 0.05) is 0 Å². The maximum atomic E-state index is 11.0. The number of aliphatic carboxylic acids is 1. The number of amides is 1. The Morgan fingerprint density at radius 1 is 0.821 bits per heavy atom. The van der Waals surface area contributed by atoms with Crippen LogP contribution in [-0.2, 0) is 19.0 Å². The predicted molar refractivity (Wildman–Crippen MR) is 104 cm³/mol. The molecular weight excluding hydrogens is 360 g/mol. The van der Waals surface area contributed by atoms with Crippen LogP contribution in [0.5, 0.6) is 0 Å². The molecule has 0 bridgehead atoms. The van der Waals surface area contributed by atoms with Gasteiger partial charge in [0.15, 0.2) is 0 Å². The quantitative estimate of drug-likeness (QED) is 0.432. The normalized spacial score (nSPS) is 11.7. The SMILES string of the molecule is NC(=O)C(NCB=O)c1ccccc1.O=BCNC(C(=O)O)c1ccccc1. The third-order valence-electron chi connectivity index (χ3n) is 3.61. The van der Waals surface area contributed by atoms with Gasteiger partial charge in [-0.15, -0.1) is 0 Å². The van der Waals surface area contributed by atoms with Crippen molar-refractivity contribution in [2.45, 2.75) is 12.1 Å². The number of benzene rings is 2. The number of carbonyl (C=O) groups is 2. The molecule has 2 aromatic carbocycles. The Morgan fingerprint density at radius 2 is 1.21 bits per heavy atom. The first-order valence-electron chi connectivity index (χ1n) is 8.47. The molecule has 0 aromatic heterocycles. The van der Waals surface area contributed by atoms with E-state index in [1.54, 1.807) is 36.4 Å². The molecule has 10 heteroatoms. The molecule has 0 saturated heterocycles. The summed E-state index contributed by atoms with van der Waals surface area (Å²) in [6.45, 7) is 0. The van der Waals surface area contributed by atoms with Crippen LogP contribution in [0.1, 0.15) is 23.2 Å². The fourth-order valence-corrected chi connectivity index (χ4v) is 2.35. The summed E-state index contributed by atoms with van der Waals surface area (Å²) in [5.74, 6) is -1.48. The Kier molecular flexibility index (Phi) is 10.9. The Hall–Kier alpha value is -2.97. The van der Waals surface area contributed by atoms with Crippen LogP contribution in [0.4, 0.5) is 0 Å². The molecule has 2 rings (SSSR count). The molecule has 0 heterocycles.